The lowest BCUT2D eigenvalue weighted by molar-refractivity contribution is 0.00696. The highest BCUT2D eigenvalue weighted by Crippen LogP contribution is 2.24. The zero-order valence-corrected chi connectivity index (χ0v) is 12.0. The van der Waals surface area contributed by atoms with Gasteiger partial charge in [-0.05, 0) is 55.5 Å². The second kappa shape index (κ2) is 4.87. The van der Waals surface area contributed by atoms with Crippen LogP contribution in [0.5, 0.6) is 0 Å². The molecular weight excluding hydrogens is 345 g/mol. The second-order valence-corrected chi connectivity index (χ2v) is 5.82. The lowest BCUT2D eigenvalue weighted by atomic mass is 10.1. The van der Waals surface area contributed by atoms with E-state index in [0.29, 0.717) is 3.57 Å². The van der Waals surface area contributed by atoms with Gasteiger partial charge in [0.15, 0.2) is 0 Å². The maximum absolute atomic E-state index is 13.1. The standard InChI is InChI=1S/C11H11ClFIO2/c1-11(2,3)16-10(15)6-4-9(14)8(13)5-7(6)12/h4-5H,1-3H3. The van der Waals surface area contributed by atoms with Crippen LogP contribution in [0, 0.1) is 9.39 Å². The van der Waals surface area contributed by atoms with Crippen LogP contribution in [0.2, 0.25) is 5.02 Å². The first-order chi connectivity index (χ1) is 7.20. The lowest BCUT2D eigenvalue weighted by Gasteiger charge is -2.19. The van der Waals surface area contributed by atoms with E-state index in [0.717, 1.165) is 6.07 Å². The number of hydrogen-bond donors (Lipinski definition) is 0. The Morgan fingerprint density at radius 1 is 1.44 bits per heavy atom. The Kier molecular flexibility index (Phi) is 4.17. The van der Waals surface area contributed by atoms with Gasteiger partial charge in [-0.25, -0.2) is 9.18 Å². The summed E-state index contributed by atoms with van der Waals surface area (Å²) in [6.07, 6.45) is 0. The molecule has 5 heteroatoms. The summed E-state index contributed by atoms with van der Waals surface area (Å²) in [6, 6.07) is 2.49. The highest BCUT2D eigenvalue weighted by molar-refractivity contribution is 14.1. The average Bonchev–Trinajstić information content (AvgIpc) is 2.08. The van der Waals surface area contributed by atoms with Crippen LogP contribution in [-0.4, -0.2) is 11.6 Å². The summed E-state index contributed by atoms with van der Waals surface area (Å²) in [5.74, 6) is -0.992. The first-order valence-corrected chi connectivity index (χ1v) is 6.04. The number of carbonyl (C=O) groups excluding carboxylic acids is 1. The fourth-order valence-corrected chi connectivity index (χ4v) is 1.71. The van der Waals surface area contributed by atoms with Gasteiger partial charge in [0.1, 0.15) is 11.4 Å². The molecule has 0 saturated heterocycles. The highest BCUT2D eigenvalue weighted by atomic mass is 127. The molecule has 0 N–H and O–H groups in total. The second-order valence-electron chi connectivity index (χ2n) is 4.25. The van der Waals surface area contributed by atoms with Crippen LogP contribution >= 0.6 is 34.2 Å². The SMILES string of the molecule is CC(C)(C)OC(=O)c1cc(I)c(F)cc1Cl. The molecule has 1 aromatic carbocycles. The molecule has 0 amide bonds. The Hall–Kier alpha value is -0.360. The summed E-state index contributed by atoms with van der Waals surface area (Å²) in [4.78, 5) is 11.7. The average molecular weight is 357 g/mol. The van der Waals surface area contributed by atoms with Gasteiger partial charge in [0.05, 0.1) is 10.6 Å². The van der Waals surface area contributed by atoms with Crippen molar-refractivity contribution in [1.82, 2.24) is 0 Å². The van der Waals surface area contributed by atoms with Crippen molar-refractivity contribution in [3.63, 3.8) is 0 Å². The Morgan fingerprint density at radius 3 is 2.50 bits per heavy atom. The van der Waals surface area contributed by atoms with E-state index in [1.54, 1.807) is 43.4 Å². The Morgan fingerprint density at radius 2 is 2.00 bits per heavy atom. The van der Waals surface area contributed by atoms with E-state index >= 15 is 0 Å². The van der Waals surface area contributed by atoms with Crippen molar-refractivity contribution in [3.8, 4) is 0 Å². The molecular formula is C11H11ClFIO2. The number of benzene rings is 1. The minimum absolute atomic E-state index is 0.0622. The molecule has 0 bridgehead atoms. The number of ether oxygens (including phenoxy) is 1. The van der Waals surface area contributed by atoms with E-state index < -0.39 is 17.4 Å². The van der Waals surface area contributed by atoms with Gasteiger partial charge in [-0.2, -0.15) is 0 Å². The first-order valence-electron chi connectivity index (χ1n) is 4.58. The predicted molar refractivity (Wildman–Crippen MR) is 69.3 cm³/mol. The molecule has 0 radical (unpaired) electrons. The van der Waals surface area contributed by atoms with Gasteiger partial charge in [0.2, 0.25) is 0 Å². The largest absolute Gasteiger partial charge is 0.456 e. The van der Waals surface area contributed by atoms with Gasteiger partial charge in [-0.3, -0.25) is 0 Å². The van der Waals surface area contributed by atoms with Crippen molar-refractivity contribution >= 4 is 40.2 Å². The van der Waals surface area contributed by atoms with Gasteiger partial charge in [0.25, 0.3) is 0 Å². The minimum atomic E-state index is -0.597. The molecule has 0 unspecified atom stereocenters. The van der Waals surface area contributed by atoms with E-state index in [-0.39, 0.29) is 10.6 Å². The molecule has 0 aliphatic carbocycles. The molecule has 0 fully saturated rings. The number of esters is 1. The Bertz CT molecular complexity index is 427. The zero-order chi connectivity index (χ0) is 12.5. The van der Waals surface area contributed by atoms with Crippen molar-refractivity contribution in [2.75, 3.05) is 0 Å². The first kappa shape index (κ1) is 13.7. The normalized spacial score (nSPS) is 11.4. The fourth-order valence-electron chi connectivity index (χ4n) is 1.01. The number of carbonyl (C=O) groups is 1. The molecule has 0 spiro atoms. The van der Waals surface area contributed by atoms with Gasteiger partial charge in [-0.1, -0.05) is 11.6 Å². The molecule has 0 aromatic heterocycles. The van der Waals surface area contributed by atoms with Gasteiger partial charge in [0, 0.05) is 3.57 Å². The Balaban J connectivity index is 3.05. The third kappa shape index (κ3) is 3.59. The fraction of sp³-hybridized carbons (Fsp3) is 0.364. The smallest absolute Gasteiger partial charge is 0.340 e. The van der Waals surface area contributed by atoms with Crippen molar-refractivity contribution in [2.45, 2.75) is 26.4 Å². The van der Waals surface area contributed by atoms with E-state index in [2.05, 4.69) is 0 Å². The summed E-state index contributed by atoms with van der Waals surface area (Å²) in [5, 5.41) is 0.0622. The topological polar surface area (TPSA) is 26.3 Å². The van der Waals surface area contributed by atoms with Crippen molar-refractivity contribution in [1.29, 1.82) is 0 Å². The van der Waals surface area contributed by atoms with E-state index in [4.69, 9.17) is 16.3 Å². The number of halogens is 3. The molecule has 0 aliphatic heterocycles. The number of hydrogen-bond acceptors (Lipinski definition) is 2. The molecule has 2 nitrogen and oxygen atoms in total. The third-order valence-electron chi connectivity index (χ3n) is 1.63. The van der Waals surface area contributed by atoms with Crippen molar-refractivity contribution in [3.05, 3.63) is 32.1 Å². The van der Waals surface area contributed by atoms with Crippen LogP contribution in [0.4, 0.5) is 4.39 Å². The van der Waals surface area contributed by atoms with Crippen molar-refractivity contribution < 1.29 is 13.9 Å². The van der Waals surface area contributed by atoms with Gasteiger partial charge >= 0.3 is 5.97 Å². The Labute approximate surface area is 112 Å². The summed E-state index contributed by atoms with van der Waals surface area (Å²) in [5.41, 5.74) is -0.414. The van der Waals surface area contributed by atoms with Crippen LogP contribution < -0.4 is 0 Å². The van der Waals surface area contributed by atoms with Crippen LogP contribution in [0.1, 0.15) is 31.1 Å². The summed E-state index contributed by atoms with van der Waals surface area (Å²) in [7, 11) is 0. The van der Waals surface area contributed by atoms with Crippen LogP contribution in [0.15, 0.2) is 12.1 Å². The predicted octanol–water partition coefficient (Wildman–Crippen LogP) is 4.04. The molecule has 0 atom stereocenters. The summed E-state index contributed by atoms with van der Waals surface area (Å²) in [6.45, 7) is 5.27. The lowest BCUT2D eigenvalue weighted by Crippen LogP contribution is -2.24. The summed E-state index contributed by atoms with van der Waals surface area (Å²) >= 11 is 7.58. The van der Waals surface area contributed by atoms with E-state index in [1.807, 2.05) is 0 Å². The van der Waals surface area contributed by atoms with Crippen LogP contribution in [0.3, 0.4) is 0 Å². The molecule has 0 aliphatic rings. The third-order valence-corrected chi connectivity index (χ3v) is 2.77. The zero-order valence-electron chi connectivity index (χ0n) is 9.11. The molecule has 16 heavy (non-hydrogen) atoms. The minimum Gasteiger partial charge on any atom is -0.456 e. The van der Waals surface area contributed by atoms with Crippen molar-refractivity contribution in [2.24, 2.45) is 0 Å². The monoisotopic (exact) mass is 356 g/mol. The quantitative estimate of drug-likeness (QED) is 0.431. The highest BCUT2D eigenvalue weighted by Gasteiger charge is 2.21. The molecule has 0 saturated carbocycles. The summed E-state index contributed by atoms with van der Waals surface area (Å²) < 4.78 is 18.6. The molecule has 1 aromatic rings. The van der Waals surface area contributed by atoms with Gasteiger partial charge in [-0.15, -0.1) is 0 Å². The number of rotatable bonds is 1. The maximum Gasteiger partial charge on any atom is 0.340 e. The van der Waals surface area contributed by atoms with Gasteiger partial charge < -0.3 is 4.74 Å². The van der Waals surface area contributed by atoms with E-state index in [1.165, 1.54) is 6.07 Å². The van der Waals surface area contributed by atoms with Crippen LogP contribution in [-0.2, 0) is 4.74 Å². The molecule has 0 heterocycles. The van der Waals surface area contributed by atoms with Crippen LogP contribution in [0.25, 0.3) is 0 Å². The molecule has 88 valence electrons. The maximum atomic E-state index is 13.1. The van der Waals surface area contributed by atoms with E-state index in [9.17, 15) is 9.18 Å². The molecule has 1 rings (SSSR count).